The number of hydrogen-bond acceptors (Lipinski definition) is 4. The van der Waals surface area contributed by atoms with Crippen LogP contribution in [0.3, 0.4) is 0 Å². The van der Waals surface area contributed by atoms with Gasteiger partial charge in [0.15, 0.2) is 24.0 Å². The molecule has 1 aliphatic rings. The Hall–Kier alpha value is -1.71. The molecule has 140 valence electrons. The van der Waals surface area contributed by atoms with E-state index in [1.165, 1.54) is 0 Å². The van der Waals surface area contributed by atoms with Crippen LogP contribution in [-0.2, 0) is 19.1 Å². The molecule has 1 aliphatic carbocycles. The summed E-state index contributed by atoms with van der Waals surface area (Å²) in [5, 5.41) is 0. The van der Waals surface area contributed by atoms with E-state index in [0.29, 0.717) is 30.8 Å². The normalized spacial score (nSPS) is 19.8. The molecule has 0 aliphatic heterocycles. The molecule has 0 aromatic carbocycles. The minimum absolute atomic E-state index is 0.109. The summed E-state index contributed by atoms with van der Waals surface area (Å²) in [6.45, 7) is 11.8. The maximum atomic E-state index is 12.8. The molecule has 3 atom stereocenters. The summed E-state index contributed by atoms with van der Waals surface area (Å²) >= 11 is 0. The predicted molar refractivity (Wildman–Crippen MR) is 99.0 cm³/mol. The number of carbonyl (C=O) groups excluding carboxylic acids is 3. The smallest absolute Gasteiger partial charge is 0.173 e. The lowest BCUT2D eigenvalue weighted by Gasteiger charge is -2.14. The van der Waals surface area contributed by atoms with E-state index in [0.717, 1.165) is 18.4 Å². The molecule has 0 fully saturated rings. The van der Waals surface area contributed by atoms with Crippen LogP contribution >= 0.6 is 0 Å². The number of ether oxygens (including phenoxy) is 1. The molecule has 0 radical (unpaired) electrons. The van der Waals surface area contributed by atoms with E-state index in [1.54, 1.807) is 6.08 Å². The third-order valence-electron chi connectivity index (χ3n) is 4.64. The molecule has 0 amide bonds. The van der Waals surface area contributed by atoms with Crippen molar-refractivity contribution in [2.24, 2.45) is 17.8 Å². The first kappa shape index (κ1) is 21.3. The highest BCUT2D eigenvalue weighted by molar-refractivity contribution is 6.23. The lowest BCUT2D eigenvalue weighted by molar-refractivity contribution is -0.124. The summed E-state index contributed by atoms with van der Waals surface area (Å²) in [5.74, 6) is 0.205. The zero-order valence-corrected chi connectivity index (χ0v) is 16.4. The lowest BCUT2D eigenvalue weighted by Crippen LogP contribution is -2.21. The third-order valence-corrected chi connectivity index (χ3v) is 4.64. The highest BCUT2D eigenvalue weighted by Crippen LogP contribution is 2.35. The Morgan fingerprint density at radius 3 is 2.40 bits per heavy atom. The van der Waals surface area contributed by atoms with Crippen LogP contribution in [0.1, 0.15) is 67.2 Å². The van der Waals surface area contributed by atoms with E-state index in [-0.39, 0.29) is 29.0 Å². The van der Waals surface area contributed by atoms with Crippen molar-refractivity contribution in [3.05, 3.63) is 23.0 Å². The standard InChI is InChI=1S/C21H32O4/c1-7-15(6)20(23)19-18(25-17(12-22)10-14(4)5)11-16(21(19)24)9-8-13(2)3/h10,12-13,15-17H,7-9,11H2,1-6H3/t15?,16-,17?/m0/s1. The molecule has 4 heteroatoms. The van der Waals surface area contributed by atoms with E-state index in [1.807, 2.05) is 27.7 Å². The molecule has 1 rings (SSSR count). The maximum absolute atomic E-state index is 12.8. The zero-order valence-electron chi connectivity index (χ0n) is 16.4. The van der Waals surface area contributed by atoms with Crippen molar-refractivity contribution >= 4 is 17.9 Å². The third kappa shape index (κ3) is 5.94. The Balaban J connectivity index is 3.11. The Labute approximate surface area is 151 Å². The van der Waals surface area contributed by atoms with Gasteiger partial charge in [-0.1, -0.05) is 39.7 Å². The van der Waals surface area contributed by atoms with Crippen molar-refractivity contribution in [3.63, 3.8) is 0 Å². The Bertz CT molecular complexity index is 564. The quantitative estimate of drug-likeness (QED) is 0.333. The number of rotatable bonds is 10. The summed E-state index contributed by atoms with van der Waals surface area (Å²) in [6, 6.07) is 0. The molecular weight excluding hydrogens is 316 g/mol. The lowest BCUT2D eigenvalue weighted by atomic mass is 9.90. The van der Waals surface area contributed by atoms with Crippen LogP contribution < -0.4 is 0 Å². The second kappa shape index (κ2) is 9.69. The minimum atomic E-state index is -0.753. The molecule has 0 saturated carbocycles. The topological polar surface area (TPSA) is 60.4 Å². The molecule has 0 spiro atoms. The van der Waals surface area contributed by atoms with Gasteiger partial charge in [-0.05, 0) is 38.7 Å². The van der Waals surface area contributed by atoms with Gasteiger partial charge in [0.2, 0.25) is 0 Å². The summed E-state index contributed by atoms with van der Waals surface area (Å²) in [5.41, 5.74) is 1.14. The first-order valence-electron chi connectivity index (χ1n) is 9.29. The van der Waals surface area contributed by atoms with Gasteiger partial charge < -0.3 is 4.74 Å². The average Bonchev–Trinajstić information content (AvgIpc) is 2.85. The van der Waals surface area contributed by atoms with E-state index >= 15 is 0 Å². The van der Waals surface area contributed by atoms with Crippen molar-refractivity contribution in [2.75, 3.05) is 0 Å². The first-order valence-corrected chi connectivity index (χ1v) is 9.29. The summed E-state index contributed by atoms with van der Waals surface area (Å²) in [6.07, 6.45) is 4.43. The molecule has 0 heterocycles. The summed E-state index contributed by atoms with van der Waals surface area (Å²) < 4.78 is 5.80. The number of aldehydes is 1. The number of Topliss-reactive ketones (excluding diaryl/α,β-unsaturated/α-hetero) is 2. The van der Waals surface area contributed by atoms with E-state index < -0.39 is 6.10 Å². The monoisotopic (exact) mass is 348 g/mol. The van der Waals surface area contributed by atoms with Crippen molar-refractivity contribution in [3.8, 4) is 0 Å². The van der Waals surface area contributed by atoms with Crippen LogP contribution in [0.25, 0.3) is 0 Å². The van der Waals surface area contributed by atoms with Crippen molar-refractivity contribution in [1.82, 2.24) is 0 Å². The van der Waals surface area contributed by atoms with E-state index in [2.05, 4.69) is 13.8 Å². The highest BCUT2D eigenvalue weighted by atomic mass is 16.5. The Kier molecular flexibility index (Phi) is 8.27. The van der Waals surface area contributed by atoms with Crippen LogP contribution in [0, 0.1) is 17.8 Å². The Morgan fingerprint density at radius 2 is 1.92 bits per heavy atom. The average molecular weight is 348 g/mol. The molecule has 2 unspecified atom stereocenters. The Morgan fingerprint density at radius 1 is 1.28 bits per heavy atom. The van der Waals surface area contributed by atoms with E-state index in [4.69, 9.17) is 4.74 Å². The number of ketones is 2. The van der Waals surface area contributed by atoms with Gasteiger partial charge in [0.25, 0.3) is 0 Å². The van der Waals surface area contributed by atoms with Gasteiger partial charge >= 0.3 is 0 Å². The predicted octanol–water partition coefficient (Wildman–Crippen LogP) is 4.43. The SMILES string of the molecule is CCC(C)C(=O)C1=C(OC(C=O)C=C(C)C)C[C@H](CCC(C)C)C1=O. The van der Waals surface area contributed by atoms with Crippen LogP contribution in [0.4, 0.5) is 0 Å². The molecule has 0 saturated heterocycles. The first-order chi connectivity index (χ1) is 11.7. The van der Waals surface area contributed by atoms with Gasteiger partial charge in [0, 0.05) is 18.3 Å². The molecule has 25 heavy (non-hydrogen) atoms. The highest BCUT2D eigenvalue weighted by Gasteiger charge is 2.39. The van der Waals surface area contributed by atoms with Gasteiger partial charge in [-0.2, -0.15) is 0 Å². The molecule has 0 bridgehead atoms. The van der Waals surface area contributed by atoms with Gasteiger partial charge in [-0.3, -0.25) is 14.4 Å². The van der Waals surface area contributed by atoms with E-state index in [9.17, 15) is 14.4 Å². The van der Waals surface area contributed by atoms with Crippen LogP contribution in [-0.4, -0.2) is 24.0 Å². The molecule has 0 aromatic rings. The molecular formula is C21H32O4. The molecule has 0 aromatic heterocycles. The molecule has 0 N–H and O–H groups in total. The maximum Gasteiger partial charge on any atom is 0.173 e. The fourth-order valence-electron chi connectivity index (χ4n) is 2.92. The second-order valence-electron chi connectivity index (χ2n) is 7.67. The van der Waals surface area contributed by atoms with Gasteiger partial charge in [0.05, 0.1) is 5.57 Å². The zero-order chi connectivity index (χ0) is 19.1. The number of allylic oxidation sites excluding steroid dienone is 3. The summed E-state index contributed by atoms with van der Waals surface area (Å²) in [7, 11) is 0. The second-order valence-corrected chi connectivity index (χ2v) is 7.67. The van der Waals surface area contributed by atoms with Gasteiger partial charge in [-0.25, -0.2) is 0 Å². The van der Waals surface area contributed by atoms with Crippen molar-refractivity contribution in [1.29, 1.82) is 0 Å². The summed E-state index contributed by atoms with van der Waals surface area (Å²) in [4.78, 5) is 36.8. The van der Waals surface area contributed by atoms with Crippen LogP contribution in [0.5, 0.6) is 0 Å². The van der Waals surface area contributed by atoms with Crippen molar-refractivity contribution < 1.29 is 19.1 Å². The van der Waals surface area contributed by atoms with Gasteiger partial charge in [-0.15, -0.1) is 0 Å². The molecule has 4 nitrogen and oxygen atoms in total. The van der Waals surface area contributed by atoms with Gasteiger partial charge in [0.1, 0.15) is 5.76 Å². The number of carbonyl (C=O) groups is 3. The van der Waals surface area contributed by atoms with Crippen LogP contribution in [0.2, 0.25) is 0 Å². The fourth-order valence-corrected chi connectivity index (χ4v) is 2.92. The van der Waals surface area contributed by atoms with Crippen LogP contribution in [0.15, 0.2) is 23.0 Å². The van der Waals surface area contributed by atoms with Crippen molar-refractivity contribution in [2.45, 2.75) is 73.3 Å². The number of hydrogen-bond donors (Lipinski definition) is 0. The largest absolute Gasteiger partial charge is 0.482 e. The fraction of sp³-hybridized carbons (Fsp3) is 0.667. The minimum Gasteiger partial charge on any atom is -0.482 e.